The normalized spacial score (nSPS) is 12.5. The van der Waals surface area contributed by atoms with Crippen LogP contribution >= 0.6 is 0 Å². The van der Waals surface area contributed by atoms with E-state index < -0.39 is 10.3 Å². The second-order valence-electron chi connectivity index (χ2n) is 3.71. The number of hydrogen-bond acceptors (Lipinski definition) is 3. The van der Waals surface area contributed by atoms with Crippen LogP contribution in [0.25, 0.3) is 0 Å². The van der Waals surface area contributed by atoms with Crippen LogP contribution in [0.5, 0.6) is 5.75 Å². The van der Waals surface area contributed by atoms with Crippen molar-refractivity contribution in [1.82, 2.24) is 0 Å². The molecule has 0 saturated carbocycles. The summed E-state index contributed by atoms with van der Waals surface area (Å²) in [6, 6.07) is 8.45. The third-order valence-electron chi connectivity index (χ3n) is 1.62. The fourth-order valence-corrected chi connectivity index (χ4v) is 1.29. The molecule has 78 valence electrons. The molecular weight excluding hydrogens is 202 g/mol. The molecule has 1 aromatic rings. The lowest BCUT2D eigenvalue weighted by atomic mass is 10.3. The molecule has 0 bridgehead atoms. The molecule has 0 saturated heterocycles. The van der Waals surface area contributed by atoms with Gasteiger partial charge in [0.05, 0.1) is 21.1 Å². The molecule has 0 fully saturated rings. The maximum absolute atomic E-state index is 11.6. The molecule has 0 amide bonds. The number of nitrogens with zero attached hydrogens (tertiary/aromatic N) is 1. The van der Waals surface area contributed by atoms with E-state index in [1.165, 1.54) is 21.1 Å². The fourth-order valence-electron chi connectivity index (χ4n) is 0.709. The quantitative estimate of drug-likeness (QED) is 0.708. The van der Waals surface area contributed by atoms with Crippen molar-refractivity contribution in [2.24, 2.45) is 0 Å². The van der Waals surface area contributed by atoms with Crippen LogP contribution in [-0.4, -0.2) is 33.4 Å². The van der Waals surface area contributed by atoms with Crippen LogP contribution in [0, 0.1) is 0 Å². The number of benzene rings is 1. The fraction of sp³-hybridized carbons (Fsp3) is 0.333. The minimum Gasteiger partial charge on any atom is -0.341 e. The maximum atomic E-state index is 11.6. The van der Waals surface area contributed by atoms with Crippen LogP contribution in [0.4, 0.5) is 0 Å². The largest absolute Gasteiger partial charge is 0.484 e. The Balaban J connectivity index is 2.91. The maximum Gasteiger partial charge on any atom is 0.484 e. The van der Waals surface area contributed by atoms with Crippen molar-refractivity contribution in [3.05, 3.63) is 30.3 Å². The monoisotopic (exact) mass is 216 g/mol. The molecular formula is C9H14NO3S+. The lowest BCUT2D eigenvalue weighted by Crippen LogP contribution is -2.43. The van der Waals surface area contributed by atoms with Gasteiger partial charge in [-0.25, -0.2) is 0 Å². The van der Waals surface area contributed by atoms with E-state index >= 15 is 0 Å². The Hall–Kier alpha value is -1.07. The first-order valence-electron chi connectivity index (χ1n) is 4.14. The van der Waals surface area contributed by atoms with Crippen LogP contribution in [0.1, 0.15) is 0 Å². The first-order chi connectivity index (χ1) is 6.33. The van der Waals surface area contributed by atoms with Crippen molar-refractivity contribution >= 4 is 10.3 Å². The molecule has 1 aromatic carbocycles. The third-order valence-corrected chi connectivity index (χ3v) is 3.36. The summed E-state index contributed by atoms with van der Waals surface area (Å²) in [6.45, 7) is 0. The minimum absolute atomic E-state index is 0.262. The Morgan fingerprint density at radius 3 is 2.00 bits per heavy atom. The zero-order valence-electron chi connectivity index (χ0n) is 8.47. The van der Waals surface area contributed by atoms with Gasteiger partial charge in [-0.1, -0.05) is 18.2 Å². The second-order valence-corrected chi connectivity index (χ2v) is 5.83. The SMILES string of the molecule is C[N+](C)(C)S(=O)(=O)Oc1ccccc1. The number of para-hydroxylation sites is 1. The van der Waals surface area contributed by atoms with E-state index in [0.717, 1.165) is 0 Å². The number of hydrogen-bond donors (Lipinski definition) is 0. The predicted molar refractivity (Wildman–Crippen MR) is 54.0 cm³/mol. The Morgan fingerprint density at radius 2 is 1.57 bits per heavy atom. The highest BCUT2D eigenvalue weighted by Gasteiger charge is 2.30. The number of quaternary nitrogens is 1. The Morgan fingerprint density at radius 1 is 1.07 bits per heavy atom. The van der Waals surface area contributed by atoms with Crippen molar-refractivity contribution in [1.29, 1.82) is 0 Å². The topological polar surface area (TPSA) is 43.4 Å². The van der Waals surface area contributed by atoms with Crippen LogP contribution in [0.2, 0.25) is 0 Å². The summed E-state index contributed by atoms with van der Waals surface area (Å²) in [7, 11) is 1.01. The van der Waals surface area contributed by atoms with Crippen molar-refractivity contribution < 1.29 is 16.5 Å². The zero-order valence-corrected chi connectivity index (χ0v) is 9.28. The average molecular weight is 216 g/mol. The van der Waals surface area contributed by atoms with E-state index in [1.807, 2.05) is 0 Å². The summed E-state index contributed by atoms with van der Waals surface area (Å²) < 4.78 is 27.8. The second kappa shape index (κ2) is 3.59. The van der Waals surface area contributed by atoms with Crippen molar-refractivity contribution in [2.45, 2.75) is 0 Å². The lowest BCUT2D eigenvalue weighted by molar-refractivity contribution is -0.743. The third kappa shape index (κ3) is 2.46. The smallest absolute Gasteiger partial charge is 0.341 e. The molecule has 0 atom stereocenters. The standard InChI is InChI=1S/C9H14NO3S/c1-10(2,3)14(11,12)13-9-7-5-4-6-8-9/h4-8H,1-3H3/q+1. The van der Waals surface area contributed by atoms with E-state index in [-0.39, 0.29) is 3.89 Å². The molecule has 5 heteroatoms. The Labute approximate surface area is 84.6 Å². The molecule has 14 heavy (non-hydrogen) atoms. The van der Waals surface area contributed by atoms with Crippen molar-refractivity contribution in [3.8, 4) is 5.75 Å². The van der Waals surface area contributed by atoms with Crippen molar-refractivity contribution in [2.75, 3.05) is 21.1 Å². The molecule has 4 nitrogen and oxygen atoms in total. The molecule has 0 N–H and O–H groups in total. The van der Waals surface area contributed by atoms with Gasteiger partial charge in [0.25, 0.3) is 0 Å². The summed E-state index contributed by atoms with van der Waals surface area (Å²) in [6.07, 6.45) is 0. The zero-order chi connectivity index (χ0) is 10.8. The highest BCUT2D eigenvalue weighted by Crippen LogP contribution is 2.15. The molecule has 0 aliphatic carbocycles. The van der Waals surface area contributed by atoms with Gasteiger partial charge in [-0.15, -0.1) is 8.42 Å². The van der Waals surface area contributed by atoms with Gasteiger partial charge < -0.3 is 4.18 Å². The molecule has 0 spiro atoms. The molecule has 0 aliphatic rings. The summed E-state index contributed by atoms with van der Waals surface area (Å²) in [5.41, 5.74) is 0. The van der Waals surface area contributed by atoms with Gasteiger partial charge >= 0.3 is 10.3 Å². The summed E-state index contributed by atoms with van der Waals surface area (Å²) in [5, 5.41) is 0. The highest BCUT2D eigenvalue weighted by molar-refractivity contribution is 7.81. The van der Waals surface area contributed by atoms with Crippen molar-refractivity contribution in [3.63, 3.8) is 0 Å². The Kier molecular flexibility index (Phi) is 2.82. The highest BCUT2D eigenvalue weighted by atomic mass is 32.2. The summed E-state index contributed by atoms with van der Waals surface area (Å²) in [4.78, 5) is 0. The number of rotatable bonds is 3. The van der Waals surface area contributed by atoms with Gasteiger partial charge in [-0.3, -0.25) is 0 Å². The molecule has 0 aromatic heterocycles. The molecule has 1 rings (SSSR count). The van der Waals surface area contributed by atoms with Gasteiger partial charge in [-0.05, 0) is 12.1 Å². The molecule has 0 aliphatic heterocycles. The van der Waals surface area contributed by atoms with E-state index in [4.69, 9.17) is 4.18 Å². The predicted octanol–water partition coefficient (Wildman–Crippen LogP) is 1.02. The first kappa shape index (κ1) is 11.0. The van der Waals surface area contributed by atoms with E-state index in [0.29, 0.717) is 5.75 Å². The van der Waals surface area contributed by atoms with Gasteiger partial charge in [-0.2, -0.15) is 3.89 Å². The van der Waals surface area contributed by atoms with Crippen LogP contribution in [0.15, 0.2) is 30.3 Å². The van der Waals surface area contributed by atoms with Gasteiger partial charge in [0.15, 0.2) is 0 Å². The average Bonchev–Trinajstić information content (AvgIpc) is 2.03. The van der Waals surface area contributed by atoms with E-state index in [1.54, 1.807) is 30.3 Å². The minimum atomic E-state index is -3.61. The van der Waals surface area contributed by atoms with Gasteiger partial charge in [0.1, 0.15) is 5.75 Å². The summed E-state index contributed by atoms with van der Waals surface area (Å²) in [5.74, 6) is 0.334. The first-order valence-corrected chi connectivity index (χ1v) is 5.50. The molecule has 0 unspecified atom stereocenters. The van der Waals surface area contributed by atoms with Crippen LogP contribution in [0.3, 0.4) is 0 Å². The lowest BCUT2D eigenvalue weighted by Gasteiger charge is -2.21. The molecule has 0 radical (unpaired) electrons. The summed E-state index contributed by atoms with van der Waals surface area (Å²) >= 11 is 0. The van der Waals surface area contributed by atoms with E-state index in [2.05, 4.69) is 0 Å². The van der Waals surface area contributed by atoms with Crippen LogP contribution in [-0.2, 0) is 10.3 Å². The van der Waals surface area contributed by atoms with Gasteiger partial charge in [0.2, 0.25) is 0 Å². The Bertz CT molecular complexity index is 392. The van der Waals surface area contributed by atoms with E-state index in [9.17, 15) is 8.42 Å². The molecule has 0 heterocycles. The van der Waals surface area contributed by atoms with Gasteiger partial charge in [0, 0.05) is 0 Å². The van der Waals surface area contributed by atoms with Crippen LogP contribution < -0.4 is 4.18 Å².